The molecule has 1 nitrogen and oxygen atoms in total. The monoisotopic (exact) mass is 216 g/mol. The van der Waals surface area contributed by atoms with Crippen molar-refractivity contribution >= 4 is 28.9 Å². The summed E-state index contributed by atoms with van der Waals surface area (Å²) in [5.74, 6) is 0.945. The minimum atomic E-state index is -0.346. The number of hydrogen-bond donors (Lipinski definition) is 0. The zero-order valence-electron chi connectivity index (χ0n) is 3.65. The van der Waals surface area contributed by atoms with E-state index in [9.17, 15) is 0 Å². The Morgan fingerprint density at radius 3 is 2.33 bits per heavy atom. The highest BCUT2D eigenvalue weighted by molar-refractivity contribution is 14.2. The zero-order chi connectivity index (χ0) is 4.99. The van der Waals surface area contributed by atoms with Crippen LogP contribution in [0.4, 0.5) is 0 Å². The van der Waals surface area contributed by atoms with Crippen molar-refractivity contribution in [3.05, 3.63) is 0 Å². The number of halogens is 1. The number of hydrogen-bond acceptors (Lipinski definition) is 2. The van der Waals surface area contributed by atoms with Gasteiger partial charge in [0, 0.05) is 0 Å². The first kappa shape index (κ1) is 6.79. The zero-order valence-corrected chi connectivity index (χ0v) is 6.62. The predicted octanol–water partition coefficient (Wildman–Crippen LogP) is 1.84. The van der Waals surface area contributed by atoms with Gasteiger partial charge in [-0.1, -0.05) is 13.3 Å². The lowest BCUT2D eigenvalue weighted by atomic mass is 10.6. The largest absolute Gasteiger partial charge is 0.421 e. The van der Waals surface area contributed by atoms with Gasteiger partial charge in [0.05, 0.1) is 0 Å². The van der Waals surface area contributed by atoms with Crippen LogP contribution in [0.15, 0.2) is 0 Å². The second-order valence-corrected chi connectivity index (χ2v) is 5.08. The van der Waals surface area contributed by atoms with Crippen molar-refractivity contribution in [2.45, 2.75) is 13.3 Å². The third-order valence-corrected chi connectivity index (χ3v) is 2.44. The van der Waals surface area contributed by atoms with Crippen LogP contribution < -0.4 is 0 Å². The average Bonchev–Trinajstić information content (AvgIpc) is 1.35. The van der Waals surface area contributed by atoms with E-state index in [1.807, 2.05) is 21.2 Å². The van der Waals surface area contributed by atoms with Gasteiger partial charge in [-0.05, 0) is 0 Å². The summed E-state index contributed by atoms with van der Waals surface area (Å²) in [6.07, 6.45) is 1.09. The SMILES string of the molecule is CCC[S-](#N)I. The fourth-order valence-electron chi connectivity index (χ4n) is 0.168. The van der Waals surface area contributed by atoms with Gasteiger partial charge in [-0.3, -0.25) is 7.70 Å². The molecule has 38 valence electrons. The van der Waals surface area contributed by atoms with Gasteiger partial charge in [-0.25, -0.2) is 21.2 Å². The maximum atomic E-state index is 8.57. The first-order chi connectivity index (χ1) is 2.77. The molecule has 0 saturated carbocycles. The summed E-state index contributed by atoms with van der Waals surface area (Å²) >= 11 is 2.03. The average molecular weight is 216 g/mol. The molecule has 0 aliphatic heterocycles. The lowest BCUT2D eigenvalue weighted by Crippen LogP contribution is -1.76. The third-order valence-electron chi connectivity index (χ3n) is 0.373. The minimum Gasteiger partial charge on any atom is -0.421 e. The summed E-state index contributed by atoms with van der Waals surface area (Å²) in [5.41, 5.74) is 0. The van der Waals surface area contributed by atoms with Gasteiger partial charge in [0.1, 0.15) is 0 Å². The summed E-state index contributed by atoms with van der Waals surface area (Å²) in [6.45, 7) is 2.06. The first-order valence-corrected chi connectivity index (χ1v) is 5.73. The van der Waals surface area contributed by atoms with Crippen molar-refractivity contribution in [1.82, 2.24) is 0 Å². The molecule has 0 spiro atoms. The molecule has 0 fully saturated rings. The number of rotatable bonds is 1. The maximum absolute atomic E-state index is 8.57. The molecule has 0 aromatic rings. The minimum absolute atomic E-state index is 0.346. The van der Waals surface area contributed by atoms with E-state index in [1.165, 1.54) is 0 Å². The Morgan fingerprint density at radius 1 is 1.83 bits per heavy atom. The normalized spacial score (nSPS) is 9.67. The van der Waals surface area contributed by atoms with Crippen molar-refractivity contribution in [2.24, 2.45) is 0 Å². The fourth-order valence-corrected chi connectivity index (χ4v) is 1.83. The summed E-state index contributed by atoms with van der Waals surface area (Å²) in [6, 6.07) is 0. The van der Waals surface area contributed by atoms with E-state index in [-0.39, 0.29) is 7.70 Å². The lowest BCUT2D eigenvalue weighted by molar-refractivity contribution is 1.11. The first-order valence-electron chi connectivity index (χ1n) is 1.83. The fraction of sp³-hybridized carbons (Fsp3) is 1.00. The molecular formula is C3H7INS-. The van der Waals surface area contributed by atoms with E-state index >= 15 is 0 Å². The van der Waals surface area contributed by atoms with Gasteiger partial charge in [-0.2, -0.15) is 0 Å². The number of nitrogens with zero attached hydrogens (tertiary/aromatic N) is 1. The van der Waals surface area contributed by atoms with Gasteiger partial charge in [0.15, 0.2) is 0 Å². The highest BCUT2D eigenvalue weighted by Gasteiger charge is 1.64. The van der Waals surface area contributed by atoms with Crippen LogP contribution in [-0.2, 0) is 7.70 Å². The van der Waals surface area contributed by atoms with Crippen LogP contribution in [-0.4, -0.2) is 5.75 Å². The van der Waals surface area contributed by atoms with Crippen LogP contribution in [0.3, 0.4) is 0 Å². The van der Waals surface area contributed by atoms with E-state index in [0.29, 0.717) is 0 Å². The van der Waals surface area contributed by atoms with Crippen molar-refractivity contribution in [3.8, 4) is 0 Å². The molecule has 6 heavy (non-hydrogen) atoms. The molecule has 0 unspecified atom stereocenters. The highest BCUT2D eigenvalue weighted by Crippen LogP contribution is 1.92. The standard InChI is InChI=1S/C3H7INS/c1-2-3-6(4)5/h2-3H2,1H3/q-1. The molecule has 0 saturated heterocycles. The summed E-state index contributed by atoms with van der Waals surface area (Å²) in [4.78, 5) is 0. The quantitative estimate of drug-likeness (QED) is 0.484. The van der Waals surface area contributed by atoms with E-state index in [1.54, 1.807) is 0 Å². The van der Waals surface area contributed by atoms with Gasteiger partial charge in [0.25, 0.3) is 0 Å². The van der Waals surface area contributed by atoms with E-state index in [0.717, 1.165) is 12.2 Å². The summed E-state index contributed by atoms with van der Waals surface area (Å²) < 4.78 is 8.57. The van der Waals surface area contributed by atoms with Crippen molar-refractivity contribution < 1.29 is 0 Å². The topological polar surface area (TPSA) is 23.8 Å². The van der Waals surface area contributed by atoms with E-state index in [4.69, 9.17) is 4.61 Å². The molecule has 0 heterocycles. The molecule has 0 aromatic heterocycles. The van der Waals surface area contributed by atoms with Gasteiger partial charge >= 0.3 is 0 Å². The van der Waals surface area contributed by atoms with Gasteiger partial charge in [-0.15, -0.1) is 5.75 Å². The Labute approximate surface area is 52.7 Å². The van der Waals surface area contributed by atoms with Gasteiger partial charge in [0.2, 0.25) is 0 Å². The molecule has 0 aromatic carbocycles. The maximum Gasteiger partial charge on any atom is -0.0670 e. The van der Waals surface area contributed by atoms with Crippen LogP contribution in [0, 0.1) is 4.61 Å². The van der Waals surface area contributed by atoms with Crippen LogP contribution in [0.1, 0.15) is 13.3 Å². The molecule has 0 aliphatic rings. The van der Waals surface area contributed by atoms with E-state index in [2.05, 4.69) is 6.92 Å². The van der Waals surface area contributed by atoms with Crippen molar-refractivity contribution in [3.63, 3.8) is 0 Å². The molecule has 0 amide bonds. The van der Waals surface area contributed by atoms with Crippen molar-refractivity contribution in [2.75, 3.05) is 5.75 Å². The molecule has 0 atom stereocenters. The lowest BCUT2D eigenvalue weighted by Gasteiger charge is -1.95. The van der Waals surface area contributed by atoms with Crippen LogP contribution in [0.25, 0.3) is 0 Å². The molecular weight excluding hydrogens is 209 g/mol. The third kappa shape index (κ3) is 4.79. The van der Waals surface area contributed by atoms with Crippen molar-refractivity contribution in [1.29, 1.82) is 4.61 Å². The van der Waals surface area contributed by atoms with Crippen LogP contribution >= 0.6 is 21.2 Å². The predicted molar refractivity (Wildman–Crippen MR) is 38.3 cm³/mol. The molecule has 0 radical (unpaired) electrons. The van der Waals surface area contributed by atoms with E-state index < -0.39 is 0 Å². The smallest absolute Gasteiger partial charge is 0.0670 e. The van der Waals surface area contributed by atoms with Crippen LogP contribution in [0.2, 0.25) is 0 Å². The Bertz CT molecular complexity index is 82.5. The Morgan fingerprint density at radius 2 is 2.33 bits per heavy atom. The summed E-state index contributed by atoms with van der Waals surface area (Å²) in [5, 5.41) is 0. The van der Waals surface area contributed by atoms with Crippen LogP contribution in [0.5, 0.6) is 0 Å². The molecule has 3 heteroatoms. The van der Waals surface area contributed by atoms with Gasteiger partial charge < -0.3 is 4.61 Å². The second-order valence-electron chi connectivity index (χ2n) is 1.01. The Hall–Kier alpha value is 0.790. The summed E-state index contributed by atoms with van der Waals surface area (Å²) in [7, 11) is -0.346. The Kier molecular flexibility index (Phi) is 4.48. The molecule has 0 bridgehead atoms. The Balaban J connectivity index is 2.91. The molecule has 0 aliphatic carbocycles. The highest BCUT2D eigenvalue weighted by atomic mass is 127. The molecule has 0 N–H and O–H groups in total. The second kappa shape index (κ2) is 3.96. The molecule has 0 rings (SSSR count).